The van der Waals surface area contributed by atoms with Crippen LogP contribution >= 0.6 is 11.3 Å². The van der Waals surface area contributed by atoms with Crippen LogP contribution in [-0.4, -0.2) is 19.1 Å². The van der Waals surface area contributed by atoms with Crippen molar-refractivity contribution in [2.24, 2.45) is 0 Å². The van der Waals surface area contributed by atoms with Gasteiger partial charge in [0.05, 0.1) is 12.8 Å². The number of aromatic nitrogens is 1. The molecule has 0 aliphatic carbocycles. The van der Waals surface area contributed by atoms with E-state index in [0.29, 0.717) is 0 Å². The number of hydrogen-bond acceptors (Lipinski definition) is 4. The molecule has 0 fully saturated rings. The van der Waals surface area contributed by atoms with E-state index < -0.39 is 0 Å². The Morgan fingerprint density at radius 2 is 2.29 bits per heavy atom. The lowest BCUT2D eigenvalue weighted by atomic mass is 10.2. The maximum absolute atomic E-state index is 13.5. The minimum atomic E-state index is -0.365. The quantitative estimate of drug-likeness (QED) is 0.908. The lowest BCUT2D eigenvalue weighted by Crippen LogP contribution is -2.04. The van der Waals surface area contributed by atoms with Crippen LogP contribution in [0.2, 0.25) is 0 Å². The summed E-state index contributed by atoms with van der Waals surface area (Å²) in [6.07, 6.45) is 0. The van der Waals surface area contributed by atoms with Gasteiger partial charge in [-0.15, -0.1) is 11.3 Å². The molecule has 1 aromatic heterocycles. The van der Waals surface area contributed by atoms with Crippen LogP contribution in [0.3, 0.4) is 0 Å². The van der Waals surface area contributed by atoms with E-state index >= 15 is 0 Å². The normalized spacial score (nSPS) is 10.5. The molecule has 90 valence electrons. The van der Waals surface area contributed by atoms with Crippen molar-refractivity contribution in [3.63, 3.8) is 0 Å². The van der Waals surface area contributed by atoms with Gasteiger partial charge in [0.2, 0.25) is 0 Å². The van der Waals surface area contributed by atoms with Crippen LogP contribution in [0.25, 0.3) is 10.6 Å². The third kappa shape index (κ3) is 2.62. The van der Waals surface area contributed by atoms with Gasteiger partial charge in [0.25, 0.3) is 0 Å². The van der Waals surface area contributed by atoms with Crippen molar-refractivity contribution in [1.82, 2.24) is 10.3 Å². The maximum Gasteiger partial charge on any atom is 0.165 e. The van der Waals surface area contributed by atoms with Crippen LogP contribution in [-0.2, 0) is 6.54 Å². The van der Waals surface area contributed by atoms with Gasteiger partial charge in [-0.3, -0.25) is 0 Å². The summed E-state index contributed by atoms with van der Waals surface area (Å²) >= 11 is 1.51. The number of benzene rings is 1. The average molecular weight is 252 g/mol. The molecule has 0 amide bonds. The van der Waals surface area contributed by atoms with Crippen LogP contribution in [0.5, 0.6) is 5.75 Å². The molecule has 2 aromatic rings. The summed E-state index contributed by atoms with van der Waals surface area (Å²) in [4.78, 5) is 4.42. The molecule has 3 nitrogen and oxygen atoms in total. The third-order valence-corrected chi connectivity index (χ3v) is 3.25. The van der Waals surface area contributed by atoms with Gasteiger partial charge in [0.15, 0.2) is 11.6 Å². The Morgan fingerprint density at radius 1 is 1.47 bits per heavy atom. The molecule has 1 heterocycles. The minimum Gasteiger partial charge on any atom is -0.494 e. The van der Waals surface area contributed by atoms with Crippen molar-refractivity contribution < 1.29 is 9.13 Å². The zero-order chi connectivity index (χ0) is 12.3. The van der Waals surface area contributed by atoms with Gasteiger partial charge in [-0.1, -0.05) is 0 Å². The molecule has 0 saturated carbocycles. The highest BCUT2D eigenvalue weighted by Crippen LogP contribution is 2.27. The zero-order valence-electron chi connectivity index (χ0n) is 9.66. The second-order valence-electron chi connectivity index (χ2n) is 3.52. The molecule has 0 aliphatic rings. The Labute approximate surface area is 103 Å². The molecule has 0 saturated heterocycles. The molecule has 0 aliphatic heterocycles. The summed E-state index contributed by atoms with van der Waals surface area (Å²) in [5.74, 6) is -0.115. The van der Waals surface area contributed by atoms with Gasteiger partial charge in [-0.2, -0.15) is 0 Å². The number of nitrogens with one attached hydrogen (secondary N) is 1. The Morgan fingerprint density at radius 3 is 2.94 bits per heavy atom. The molecular formula is C12H13FN2OS. The highest BCUT2D eigenvalue weighted by molar-refractivity contribution is 7.13. The molecular weight excluding hydrogens is 239 g/mol. The predicted molar refractivity (Wildman–Crippen MR) is 66.8 cm³/mol. The van der Waals surface area contributed by atoms with E-state index in [0.717, 1.165) is 22.8 Å². The summed E-state index contributed by atoms with van der Waals surface area (Å²) in [5, 5.41) is 5.81. The zero-order valence-corrected chi connectivity index (χ0v) is 10.5. The fraction of sp³-hybridized carbons (Fsp3) is 0.250. The summed E-state index contributed by atoms with van der Waals surface area (Å²) in [5.41, 5.74) is 1.74. The van der Waals surface area contributed by atoms with E-state index in [2.05, 4.69) is 10.3 Å². The van der Waals surface area contributed by atoms with Crippen LogP contribution in [0, 0.1) is 5.82 Å². The van der Waals surface area contributed by atoms with Crippen LogP contribution in [0.15, 0.2) is 23.6 Å². The Hall–Kier alpha value is -1.46. The van der Waals surface area contributed by atoms with E-state index in [-0.39, 0.29) is 11.6 Å². The standard InChI is InChI=1S/C12H13FN2OS/c1-14-6-9-7-17-12(15-9)8-3-4-11(16-2)10(13)5-8/h3-5,7,14H,6H2,1-2H3. The third-order valence-electron chi connectivity index (χ3n) is 2.31. The highest BCUT2D eigenvalue weighted by atomic mass is 32.1. The molecule has 2 rings (SSSR count). The molecule has 0 bridgehead atoms. The summed E-state index contributed by atoms with van der Waals surface area (Å²) in [6.45, 7) is 0.717. The SMILES string of the molecule is CNCc1csc(-c2ccc(OC)c(F)c2)n1. The van der Waals surface area contributed by atoms with Crippen molar-refractivity contribution in [2.45, 2.75) is 6.54 Å². The molecule has 17 heavy (non-hydrogen) atoms. The number of rotatable bonds is 4. The van der Waals surface area contributed by atoms with Crippen molar-refractivity contribution >= 4 is 11.3 Å². The van der Waals surface area contributed by atoms with Crippen molar-refractivity contribution in [3.8, 4) is 16.3 Å². The van der Waals surface area contributed by atoms with E-state index in [1.165, 1.54) is 24.5 Å². The Kier molecular flexibility index (Phi) is 3.71. The van der Waals surface area contributed by atoms with E-state index in [1.807, 2.05) is 18.5 Å². The number of ether oxygens (including phenoxy) is 1. The number of methoxy groups -OCH3 is 1. The molecule has 0 spiro atoms. The average Bonchev–Trinajstić information content (AvgIpc) is 2.78. The second-order valence-corrected chi connectivity index (χ2v) is 4.38. The van der Waals surface area contributed by atoms with Crippen LogP contribution in [0.1, 0.15) is 5.69 Å². The van der Waals surface area contributed by atoms with Gasteiger partial charge < -0.3 is 10.1 Å². The number of hydrogen-bond donors (Lipinski definition) is 1. The smallest absolute Gasteiger partial charge is 0.165 e. The predicted octanol–water partition coefficient (Wildman–Crippen LogP) is 2.68. The summed E-state index contributed by atoms with van der Waals surface area (Å²) in [6, 6.07) is 4.87. The lowest BCUT2D eigenvalue weighted by Gasteiger charge is -2.02. The van der Waals surface area contributed by atoms with Crippen LogP contribution in [0.4, 0.5) is 4.39 Å². The first-order valence-corrected chi connectivity index (χ1v) is 6.05. The first-order chi connectivity index (χ1) is 8.24. The summed E-state index contributed by atoms with van der Waals surface area (Å²) < 4.78 is 18.4. The fourth-order valence-corrected chi connectivity index (χ4v) is 2.32. The largest absolute Gasteiger partial charge is 0.494 e. The molecule has 1 aromatic carbocycles. The van der Waals surface area contributed by atoms with Gasteiger partial charge >= 0.3 is 0 Å². The van der Waals surface area contributed by atoms with Gasteiger partial charge in [0.1, 0.15) is 5.01 Å². The van der Waals surface area contributed by atoms with Crippen LogP contribution < -0.4 is 10.1 Å². The first kappa shape index (κ1) is 12.0. The Bertz CT molecular complexity index is 513. The van der Waals surface area contributed by atoms with E-state index in [4.69, 9.17) is 4.74 Å². The number of halogens is 1. The molecule has 0 unspecified atom stereocenters. The van der Waals surface area contributed by atoms with Crippen molar-refractivity contribution in [3.05, 3.63) is 35.1 Å². The molecule has 5 heteroatoms. The van der Waals surface area contributed by atoms with E-state index in [1.54, 1.807) is 6.07 Å². The number of nitrogens with zero attached hydrogens (tertiary/aromatic N) is 1. The monoisotopic (exact) mass is 252 g/mol. The van der Waals surface area contributed by atoms with Crippen molar-refractivity contribution in [2.75, 3.05) is 14.2 Å². The Balaban J connectivity index is 2.29. The second kappa shape index (κ2) is 5.25. The maximum atomic E-state index is 13.5. The first-order valence-electron chi connectivity index (χ1n) is 5.17. The molecule has 0 radical (unpaired) electrons. The molecule has 1 N–H and O–H groups in total. The number of thiazole rings is 1. The minimum absolute atomic E-state index is 0.251. The van der Waals surface area contributed by atoms with Gasteiger partial charge in [-0.05, 0) is 25.2 Å². The highest BCUT2D eigenvalue weighted by Gasteiger charge is 2.08. The lowest BCUT2D eigenvalue weighted by molar-refractivity contribution is 0.386. The fourth-order valence-electron chi connectivity index (χ4n) is 1.50. The van der Waals surface area contributed by atoms with E-state index in [9.17, 15) is 4.39 Å². The van der Waals surface area contributed by atoms with Crippen molar-refractivity contribution in [1.29, 1.82) is 0 Å². The van der Waals surface area contributed by atoms with Gasteiger partial charge in [0, 0.05) is 17.5 Å². The topological polar surface area (TPSA) is 34.1 Å². The summed E-state index contributed by atoms with van der Waals surface area (Å²) in [7, 11) is 3.32. The van der Waals surface area contributed by atoms with Gasteiger partial charge in [-0.25, -0.2) is 9.37 Å². The molecule has 0 atom stereocenters.